The Kier molecular flexibility index (Phi) is 3.30. The van der Waals surface area contributed by atoms with Crippen LogP contribution in [0.15, 0.2) is 28.0 Å². The predicted octanol–water partition coefficient (Wildman–Crippen LogP) is 6.10. The zero-order valence-corrected chi connectivity index (χ0v) is 12.0. The number of rotatable bonds is 1. The summed E-state index contributed by atoms with van der Waals surface area (Å²) in [5, 5.41) is 0.329. The van der Waals surface area contributed by atoms with Gasteiger partial charge in [0.2, 0.25) is 0 Å². The summed E-state index contributed by atoms with van der Waals surface area (Å²) in [6, 6.07) is 4.65. The van der Waals surface area contributed by atoms with Crippen LogP contribution in [0.4, 0.5) is 13.2 Å². The number of halogens is 5. The molecule has 1 heterocycles. The van der Waals surface area contributed by atoms with Crippen molar-refractivity contribution in [2.24, 2.45) is 0 Å². The summed E-state index contributed by atoms with van der Waals surface area (Å²) >= 11 is 8.75. The van der Waals surface area contributed by atoms with Crippen LogP contribution in [-0.2, 0) is 0 Å². The van der Waals surface area contributed by atoms with Gasteiger partial charge in [0, 0.05) is 9.92 Å². The molecule has 94 valence electrons. The predicted molar refractivity (Wildman–Crippen MR) is 70.6 cm³/mol. The number of allylic oxidation sites excluding steroid dienone is 1. The van der Waals surface area contributed by atoms with Crippen molar-refractivity contribution < 1.29 is 13.2 Å². The van der Waals surface area contributed by atoms with Gasteiger partial charge in [-0.2, -0.15) is 13.2 Å². The van der Waals surface area contributed by atoms with Crippen molar-refractivity contribution in [3.8, 4) is 0 Å². The summed E-state index contributed by atoms with van der Waals surface area (Å²) in [7, 11) is -3.10. The van der Waals surface area contributed by atoms with Crippen LogP contribution >= 0.6 is 34.9 Å². The summed E-state index contributed by atoms with van der Waals surface area (Å²) < 4.78 is 39.9. The van der Waals surface area contributed by atoms with Gasteiger partial charge in [-0.3, -0.25) is 0 Å². The van der Waals surface area contributed by atoms with Gasteiger partial charge in [0.05, 0.1) is 0 Å². The maximum Gasteiger partial charge on any atom is 0.442 e. The van der Waals surface area contributed by atoms with Crippen LogP contribution in [0.2, 0.25) is 5.02 Å². The fraction of sp³-hybridized carbons (Fsp3) is 0.273. The minimum atomic E-state index is -4.30. The summed E-state index contributed by atoms with van der Waals surface area (Å²) in [6.45, 7) is 1.73. The zero-order chi connectivity index (χ0) is 12.8. The van der Waals surface area contributed by atoms with Gasteiger partial charge in [-0.25, -0.2) is 0 Å². The molecular formula is C11H9BrClF3S. The maximum absolute atomic E-state index is 13.3. The van der Waals surface area contributed by atoms with Gasteiger partial charge in [-0.15, -0.1) is 0 Å². The van der Waals surface area contributed by atoms with Gasteiger partial charge in [-0.1, -0.05) is 24.6 Å². The molecule has 0 fully saturated rings. The molecule has 0 N–H and O–H groups in total. The molecule has 0 bridgehead atoms. The van der Waals surface area contributed by atoms with E-state index in [-0.39, 0.29) is 4.90 Å². The fourth-order valence-electron chi connectivity index (χ4n) is 1.84. The molecule has 17 heavy (non-hydrogen) atoms. The van der Waals surface area contributed by atoms with Crippen LogP contribution in [0.5, 0.6) is 0 Å². The van der Waals surface area contributed by atoms with Crippen molar-refractivity contribution in [2.45, 2.75) is 23.7 Å². The van der Waals surface area contributed by atoms with E-state index in [1.807, 2.05) is 0 Å². The third kappa shape index (κ3) is 1.92. The molecule has 0 radical (unpaired) electrons. The number of hydrogen-bond donors (Lipinski definition) is 0. The quantitative estimate of drug-likeness (QED) is 0.577. The van der Waals surface area contributed by atoms with Gasteiger partial charge >= 0.3 is 5.51 Å². The fourth-order valence-corrected chi connectivity index (χ4v) is 6.14. The molecule has 1 aliphatic rings. The first-order valence-corrected chi connectivity index (χ1v) is 8.75. The van der Waals surface area contributed by atoms with Gasteiger partial charge in [-0.05, 0) is 58.4 Å². The molecule has 0 saturated carbocycles. The van der Waals surface area contributed by atoms with Crippen molar-refractivity contribution in [3.05, 3.63) is 33.7 Å². The first kappa shape index (κ1) is 13.3. The van der Waals surface area contributed by atoms with E-state index in [9.17, 15) is 13.2 Å². The maximum atomic E-state index is 13.3. The molecule has 0 aromatic heterocycles. The monoisotopic (exact) mass is 344 g/mol. The lowest BCUT2D eigenvalue weighted by Gasteiger charge is -2.34. The second-order valence-corrected chi connectivity index (χ2v) is 9.48. The van der Waals surface area contributed by atoms with E-state index in [0.717, 1.165) is 0 Å². The molecule has 0 amide bonds. The van der Waals surface area contributed by atoms with Crippen LogP contribution in [0.1, 0.15) is 18.9 Å². The molecule has 1 aromatic carbocycles. The van der Waals surface area contributed by atoms with Crippen LogP contribution in [0.3, 0.4) is 0 Å². The lowest BCUT2D eigenvalue weighted by Crippen LogP contribution is -2.15. The summed E-state index contributed by atoms with van der Waals surface area (Å²) in [5.41, 5.74) is -3.69. The average molecular weight is 346 g/mol. The van der Waals surface area contributed by atoms with E-state index in [1.165, 1.54) is 6.07 Å². The third-order valence-corrected chi connectivity index (χ3v) is 8.98. The van der Waals surface area contributed by atoms with Crippen molar-refractivity contribution in [1.29, 1.82) is 0 Å². The Labute approximate surface area is 111 Å². The van der Waals surface area contributed by atoms with Crippen LogP contribution in [0, 0.1) is 0 Å². The Balaban J connectivity index is 2.68. The summed E-state index contributed by atoms with van der Waals surface area (Å²) in [6.07, 6.45) is 1.98. The summed E-state index contributed by atoms with van der Waals surface area (Å²) in [4.78, 5) is 0.650. The highest BCUT2D eigenvalue weighted by Crippen LogP contribution is 2.81. The van der Waals surface area contributed by atoms with Crippen molar-refractivity contribution in [1.82, 2.24) is 0 Å². The third-order valence-electron chi connectivity index (χ3n) is 2.62. The molecule has 1 atom stereocenters. The Morgan fingerprint density at radius 1 is 1.35 bits per heavy atom. The Morgan fingerprint density at radius 2 is 2.00 bits per heavy atom. The Hall–Kier alpha value is -0.130. The lowest BCUT2D eigenvalue weighted by molar-refractivity contribution is -0.0355. The molecule has 1 aromatic rings. The summed E-state index contributed by atoms with van der Waals surface area (Å²) in [5.74, 6) is 0. The first-order chi connectivity index (χ1) is 7.80. The highest BCUT2D eigenvalue weighted by molar-refractivity contribution is 9.59. The van der Waals surface area contributed by atoms with Crippen molar-refractivity contribution in [3.63, 3.8) is 0 Å². The SMILES string of the molecule is CCC1=Cc2ccc(Cl)cc2S1(Br)C(F)(F)F. The second kappa shape index (κ2) is 4.21. The molecule has 1 aliphatic heterocycles. The highest BCUT2D eigenvalue weighted by Gasteiger charge is 2.54. The minimum absolute atomic E-state index is 0.259. The van der Waals surface area contributed by atoms with E-state index in [1.54, 1.807) is 25.1 Å². The van der Waals surface area contributed by atoms with Crippen molar-refractivity contribution >= 4 is 41.0 Å². The molecular weight excluding hydrogens is 337 g/mol. The van der Waals surface area contributed by atoms with E-state index in [4.69, 9.17) is 11.6 Å². The van der Waals surface area contributed by atoms with Crippen LogP contribution in [-0.4, -0.2) is 5.51 Å². The molecule has 0 saturated heterocycles. The molecule has 1 unspecified atom stereocenters. The average Bonchev–Trinajstić information content (AvgIpc) is 2.52. The van der Waals surface area contributed by atoms with Crippen molar-refractivity contribution in [2.75, 3.05) is 0 Å². The van der Waals surface area contributed by atoms with E-state index in [0.29, 0.717) is 21.9 Å². The second-order valence-electron chi connectivity index (χ2n) is 3.63. The largest absolute Gasteiger partial charge is 0.442 e. The minimum Gasteiger partial charge on any atom is -0.160 e. The molecule has 0 spiro atoms. The van der Waals surface area contributed by atoms with Crippen LogP contribution < -0.4 is 0 Å². The van der Waals surface area contributed by atoms with E-state index in [2.05, 4.69) is 14.8 Å². The van der Waals surface area contributed by atoms with E-state index < -0.39 is 14.0 Å². The van der Waals surface area contributed by atoms with Crippen LogP contribution in [0.25, 0.3) is 6.08 Å². The number of fused-ring (bicyclic) bond motifs is 1. The van der Waals surface area contributed by atoms with Gasteiger partial charge in [0.25, 0.3) is 0 Å². The lowest BCUT2D eigenvalue weighted by atomic mass is 10.2. The Bertz CT molecular complexity index is 498. The molecule has 6 heteroatoms. The standard InChI is InChI=1S/C11H9BrClF3S/c1-2-9-5-7-3-4-8(13)6-10(7)17(9,12)11(14,15)16/h3-6H,2H2,1H3. The molecule has 0 nitrogen and oxygen atoms in total. The molecule has 0 aliphatic carbocycles. The molecule has 2 rings (SSSR count). The zero-order valence-electron chi connectivity index (χ0n) is 8.81. The number of hydrogen-bond acceptors (Lipinski definition) is 0. The topological polar surface area (TPSA) is 0 Å². The first-order valence-electron chi connectivity index (χ1n) is 4.90. The Morgan fingerprint density at radius 3 is 2.53 bits per heavy atom. The van der Waals surface area contributed by atoms with E-state index >= 15 is 0 Å². The normalized spacial score (nSPS) is 27.3. The number of benzene rings is 1. The number of alkyl halides is 3. The van der Waals surface area contributed by atoms with Gasteiger partial charge in [0.1, 0.15) is 0 Å². The van der Waals surface area contributed by atoms with Gasteiger partial charge in [0.15, 0.2) is 0 Å². The van der Waals surface area contributed by atoms with Gasteiger partial charge < -0.3 is 0 Å². The highest BCUT2D eigenvalue weighted by atomic mass is 79.9. The smallest absolute Gasteiger partial charge is 0.160 e.